The lowest BCUT2D eigenvalue weighted by molar-refractivity contribution is -0.122. The third-order valence-electron chi connectivity index (χ3n) is 4.59. The number of hydrogen-bond donors (Lipinski definition) is 2. The number of carbonyl (C=O) groups is 1. The first-order valence-electron chi connectivity index (χ1n) is 8.69. The van der Waals surface area contributed by atoms with E-state index in [0.29, 0.717) is 6.54 Å². The average molecular weight is 336 g/mol. The van der Waals surface area contributed by atoms with Gasteiger partial charge >= 0.3 is 0 Å². The molecule has 2 aromatic carbocycles. The zero-order valence-electron chi connectivity index (χ0n) is 14.7. The predicted octanol–water partition coefficient (Wildman–Crippen LogP) is 4.03. The summed E-state index contributed by atoms with van der Waals surface area (Å²) in [5.41, 5.74) is 3.32. The minimum absolute atomic E-state index is 0.0894. The van der Waals surface area contributed by atoms with Crippen molar-refractivity contribution < 1.29 is 9.53 Å². The largest absolute Gasteiger partial charge is 0.497 e. The molecule has 3 rings (SSSR count). The zero-order valence-corrected chi connectivity index (χ0v) is 14.7. The van der Waals surface area contributed by atoms with Crippen LogP contribution in [-0.2, 0) is 11.2 Å². The van der Waals surface area contributed by atoms with Gasteiger partial charge in [-0.15, -0.1) is 0 Å². The molecule has 0 saturated carbocycles. The molecule has 2 N–H and O–H groups in total. The summed E-state index contributed by atoms with van der Waals surface area (Å²) in [5.74, 6) is 0.839. The van der Waals surface area contributed by atoms with Crippen LogP contribution < -0.4 is 10.1 Å². The Labute approximate surface area is 148 Å². The Bertz CT molecular complexity index is 839. The molecule has 0 aliphatic heterocycles. The molecule has 0 aliphatic carbocycles. The number of hydrogen-bond acceptors (Lipinski definition) is 2. The van der Waals surface area contributed by atoms with Crippen molar-refractivity contribution in [2.45, 2.75) is 25.7 Å². The van der Waals surface area contributed by atoms with Gasteiger partial charge < -0.3 is 15.0 Å². The normalized spacial score (nSPS) is 12.1. The van der Waals surface area contributed by atoms with E-state index < -0.39 is 0 Å². The molecule has 1 aromatic heterocycles. The monoisotopic (exact) mass is 336 g/mol. The molecule has 25 heavy (non-hydrogen) atoms. The average Bonchev–Trinajstić information content (AvgIpc) is 3.05. The van der Waals surface area contributed by atoms with Crippen LogP contribution in [0.4, 0.5) is 0 Å². The van der Waals surface area contributed by atoms with Crippen molar-refractivity contribution >= 4 is 16.8 Å². The van der Waals surface area contributed by atoms with Crippen LogP contribution in [0.25, 0.3) is 10.9 Å². The van der Waals surface area contributed by atoms with Crippen molar-refractivity contribution in [2.24, 2.45) is 0 Å². The summed E-state index contributed by atoms with van der Waals surface area (Å²) in [6.45, 7) is 2.67. The first-order valence-corrected chi connectivity index (χ1v) is 8.69. The van der Waals surface area contributed by atoms with Crippen molar-refractivity contribution in [1.82, 2.24) is 10.3 Å². The summed E-state index contributed by atoms with van der Waals surface area (Å²) >= 11 is 0. The summed E-state index contributed by atoms with van der Waals surface area (Å²) < 4.78 is 5.25. The Morgan fingerprint density at radius 1 is 1.20 bits per heavy atom. The first kappa shape index (κ1) is 17.1. The summed E-state index contributed by atoms with van der Waals surface area (Å²) in [4.78, 5) is 15.8. The van der Waals surface area contributed by atoms with Gasteiger partial charge in [-0.05, 0) is 36.1 Å². The first-order chi connectivity index (χ1) is 12.2. The minimum atomic E-state index is -0.0894. The molecular formula is C21H24N2O2. The maximum absolute atomic E-state index is 12.5. The van der Waals surface area contributed by atoms with Gasteiger partial charge in [0.1, 0.15) is 5.75 Å². The third kappa shape index (κ3) is 3.85. The molecule has 1 heterocycles. The molecule has 0 aliphatic rings. The molecule has 4 heteroatoms. The number of methoxy groups -OCH3 is 1. The topological polar surface area (TPSA) is 54.1 Å². The van der Waals surface area contributed by atoms with E-state index in [2.05, 4.69) is 16.4 Å². The van der Waals surface area contributed by atoms with Crippen molar-refractivity contribution in [3.05, 3.63) is 65.9 Å². The van der Waals surface area contributed by atoms with Crippen LogP contribution in [0.15, 0.2) is 54.7 Å². The van der Waals surface area contributed by atoms with Crippen molar-refractivity contribution in [2.75, 3.05) is 13.7 Å². The molecule has 4 nitrogen and oxygen atoms in total. The molecule has 0 fully saturated rings. The van der Waals surface area contributed by atoms with E-state index in [1.165, 1.54) is 10.9 Å². The number of benzene rings is 2. The number of aromatic amines is 1. The van der Waals surface area contributed by atoms with Gasteiger partial charge in [0, 0.05) is 29.7 Å². The Kier molecular flexibility index (Phi) is 5.39. The second kappa shape index (κ2) is 7.88. The summed E-state index contributed by atoms with van der Waals surface area (Å²) in [5, 5.41) is 4.25. The van der Waals surface area contributed by atoms with Crippen LogP contribution in [0, 0.1) is 0 Å². The van der Waals surface area contributed by atoms with Crippen LogP contribution in [0.5, 0.6) is 5.75 Å². The molecule has 3 aromatic rings. The van der Waals surface area contributed by atoms with Crippen LogP contribution in [0.3, 0.4) is 0 Å². The molecule has 0 spiro atoms. The van der Waals surface area contributed by atoms with E-state index in [-0.39, 0.29) is 11.8 Å². The maximum Gasteiger partial charge on any atom is 0.227 e. The number of fused-ring (bicyclic) bond motifs is 1. The molecule has 1 atom stereocenters. The van der Waals surface area contributed by atoms with Gasteiger partial charge in [0.15, 0.2) is 0 Å². The SMILES string of the molecule is CC[C@H](C(=O)NCCc1c[nH]c2cc(OC)ccc12)c1ccccc1. The fourth-order valence-electron chi connectivity index (χ4n) is 3.20. The number of carbonyl (C=O) groups excluding carboxylic acids is 1. The van der Waals surface area contributed by atoms with Gasteiger partial charge in [-0.25, -0.2) is 0 Å². The lowest BCUT2D eigenvalue weighted by atomic mass is 9.95. The van der Waals surface area contributed by atoms with Crippen LogP contribution >= 0.6 is 0 Å². The van der Waals surface area contributed by atoms with E-state index in [4.69, 9.17) is 4.74 Å². The van der Waals surface area contributed by atoms with E-state index >= 15 is 0 Å². The molecule has 130 valence electrons. The fourth-order valence-corrected chi connectivity index (χ4v) is 3.20. The molecule has 0 unspecified atom stereocenters. The highest BCUT2D eigenvalue weighted by Crippen LogP contribution is 2.23. The second-order valence-electron chi connectivity index (χ2n) is 6.14. The van der Waals surface area contributed by atoms with E-state index in [1.54, 1.807) is 7.11 Å². The number of amides is 1. The minimum Gasteiger partial charge on any atom is -0.497 e. The van der Waals surface area contributed by atoms with Crippen molar-refractivity contribution in [3.8, 4) is 5.75 Å². The lowest BCUT2D eigenvalue weighted by Crippen LogP contribution is -2.30. The number of nitrogens with one attached hydrogen (secondary N) is 2. The van der Waals surface area contributed by atoms with Crippen LogP contribution in [-0.4, -0.2) is 24.5 Å². The number of rotatable bonds is 7. The zero-order chi connectivity index (χ0) is 17.6. The Morgan fingerprint density at radius 3 is 2.72 bits per heavy atom. The Hall–Kier alpha value is -2.75. The summed E-state index contributed by atoms with van der Waals surface area (Å²) in [7, 11) is 1.66. The molecule has 0 bridgehead atoms. The maximum atomic E-state index is 12.5. The Morgan fingerprint density at radius 2 is 2.00 bits per heavy atom. The Balaban J connectivity index is 1.61. The van der Waals surface area contributed by atoms with Gasteiger partial charge in [-0.1, -0.05) is 37.3 Å². The van der Waals surface area contributed by atoms with Gasteiger partial charge in [-0.2, -0.15) is 0 Å². The molecular weight excluding hydrogens is 312 g/mol. The lowest BCUT2D eigenvalue weighted by Gasteiger charge is -2.15. The molecule has 1 amide bonds. The summed E-state index contributed by atoms with van der Waals surface area (Å²) in [6, 6.07) is 16.0. The fraction of sp³-hybridized carbons (Fsp3) is 0.286. The summed E-state index contributed by atoms with van der Waals surface area (Å²) in [6.07, 6.45) is 3.59. The van der Waals surface area contributed by atoms with Gasteiger partial charge in [0.05, 0.1) is 13.0 Å². The highest BCUT2D eigenvalue weighted by Gasteiger charge is 2.17. The van der Waals surface area contributed by atoms with E-state index in [0.717, 1.165) is 29.7 Å². The van der Waals surface area contributed by atoms with E-state index in [1.807, 2.05) is 55.6 Å². The molecule has 0 radical (unpaired) electrons. The number of aromatic nitrogens is 1. The van der Waals surface area contributed by atoms with Crippen LogP contribution in [0.1, 0.15) is 30.4 Å². The predicted molar refractivity (Wildman–Crippen MR) is 101 cm³/mol. The van der Waals surface area contributed by atoms with Gasteiger partial charge in [-0.3, -0.25) is 4.79 Å². The van der Waals surface area contributed by atoms with E-state index in [9.17, 15) is 4.79 Å². The number of ether oxygens (including phenoxy) is 1. The van der Waals surface area contributed by atoms with Crippen molar-refractivity contribution in [3.63, 3.8) is 0 Å². The number of H-pyrrole nitrogens is 1. The second-order valence-corrected chi connectivity index (χ2v) is 6.14. The quantitative estimate of drug-likeness (QED) is 0.684. The standard InChI is InChI=1S/C21H24N2O2/c1-3-18(15-7-5-4-6-8-15)21(24)22-12-11-16-14-23-20-13-17(25-2)9-10-19(16)20/h4-10,13-14,18,23H,3,11-12H2,1-2H3,(H,22,24)/t18-/m0/s1. The highest BCUT2D eigenvalue weighted by molar-refractivity contribution is 5.85. The van der Waals surface area contributed by atoms with Gasteiger partial charge in [0.2, 0.25) is 5.91 Å². The highest BCUT2D eigenvalue weighted by atomic mass is 16.5. The smallest absolute Gasteiger partial charge is 0.227 e. The molecule has 0 saturated heterocycles. The van der Waals surface area contributed by atoms with Gasteiger partial charge in [0.25, 0.3) is 0 Å². The van der Waals surface area contributed by atoms with Crippen LogP contribution in [0.2, 0.25) is 0 Å². The van der Waals surface area contributed by atoms with Crippen molar-refractivity contribution in [1.29, 1.82) is 0 Å². The third-order valence-corrected chi connectivity index (χ3v) is 4.59.